The fourth-order valence-electron chi connectivity index (χ4n) is 2.59. The number of carbonyl (C=O) groups is 2. The van der Waals surface area contributed by atoms with Crippen LogP contribution in [0.15, 0.2) is 0 Å². The molecule has 0 aliphatic rings. The molecule has 0 aliphatic heterocycles. The van der Waals surface area contributed by atoms with Crippen LogP contribution in [-0.4, -0.2) is 34.3 Å². The van der Waals surface area contributed by atoms with Crippen LogP contribution in [0.1, 0.15) is 54.4 Å². The molecule has 1 aromatic carbocycles. The summed E-state index contributed by atoms with van der Waals surface area (Å²) in [6.45, 7) is 9.81. The number of aromatic amines is 1. The molecule has 0 spiro atoms. The third kappa shape index (κ3) is 2.30. The predicted molar refractivity (Wildman–Crippen MR) is 81.3 cm³/mol. The highest BCUT2D eigenvalue weighted by molar-refractivity contribution is 6.14. The highest BCUT2D eigenvalue weighted by Gasteiger charge is 2.27. The Morgan fingerprint density at radius 1 is 0.818 bits per heavy atom. The molecule has 116 valence electrons. The van der Waals surface area contributed by atoms with Crippen molar-refractivity contribution in [2.75, 3.05) is 7.11 Å². The topological polar surface area (TPSA) is 84.9 Å². The van der Waals surface area contributed by atoms with E-state index < -0.39 is 5.97 Å². The number of esters is 1. The SMILES string of the molecule is COC(=O)c1n[nH]nc1C(=O)c1c(C)c(C)c(C)c(C)c1C. The van der Waals surface area contributed by atoms with Crippen molar-refractivity contribution in [3.63, 3.8) is 0 Å². The van der Waals surface area contributed by atoms with Crippen molar-refractivity contribution in [3.8, 4) is 0 Å². The first-order valence-electron chi connectivity index (χ1n) is 6.92. The van der Waals surface area contributed by atoms with Crippen LogP contribution in [0.4, 0.5) is 0 Å². The molecule has 6 heteroatoms. The zero-order chi connectivity index (χ0) is 16.6. The number of nitrogens with one attached hydrogen (secondary N) is 1. The summed E-state index contributed by atoms with van der Waals surface area (Å²) in [5.74, 6) is -1.01. The van der Waals surface area contributed by atoms with Gasteiger partial charge in [-0.05, 0) is 62.4 Å². The van der Waals surface area contributed by atoms with E-state index in [0.717, 1.165) is 22.3 Å². The summed E-state index contributed by atoms with van der Waals surface area (Å²) in [7, 11) is 1.24. The molecule has 0 saturated heterocycles. The summed E-state index contributed by atoms with van der Waals surface area (Å²) >= 11 is 0. The molecule has 2 aromatic rings. The number of hydrogen-bond acceptors (Lipinski definition) is 5. The molecule has 0 unspecified atom stereocenters. The van der Waals surface area contributed by atoms with E-state index in [1.165, 1.54) is 12.7 Å². The number of ether oxygens (including phenoxy) is 1. The monoisotopic (exact) mass is 301 g/mol. The molecule has 1 N–H and O–H groups in total. The van der Waals surface area contributed by atoms with Gasteiger partial charge < -0.3 is 4.74 Å². The average molecular weight is 301 g/mol. The second-order valence-electron chi connectivity index (χ2n) is 5.34. The van der Waals surface area contributed by atoms with Crippen LogP contribution in [0.2, 0.25) is 0 Å². The van der Waals surface area contributed by atoms with E-state index in [0.29, 0.717) is 5.56 Å². The van der Waals surface area contributed by atoms with E-state index in [1.54, 1.807) is 0 Å². The number of ketones is 1. The van der Waals surface area contributed by atoms with E-state index in [4.69, 9.17) is 0 Å². The molecule has 0 bridgehead atoms. The van der Waals surface area contributed by atoms with Gasteiger partial charge in [0.15, 0.2) is 5.69 Å². The number of aromatic nitrogens is 3. The van der Waals surface area contributed by atoms with Gasteiger partial charge in [-0.25, -0.2) is 4.79 Å². The van der Waals surface area contributed by atoms with Crippen LogP contribution in [0.3, 0.4) is 0 Å². The van der Waals surface area contributed by atoms with Crippen molar-refractivity contribution < 1.29 is 14.3 Å². The van der Waals surface area contributed by atoms with Crippen LogP contribution >= 0.6 is 0 Å². The molecule has 0 fully saturated rings. The minimum Gasteiger partial charge on any atom is -0.464 e. The van der Waals surface area contributed by atoms with Gasteiger partial charge in [0.2, 0.25) is 11.5 Å². The molecule has 2 rings (SSSR count). The van der Waals surface area contributed by atoms with Gasteiger partial charge in [0, 0.05) is 5.56 Å². The van der Waals surface area contributed by atoms with Gasteiger partial charge in [0.25, 0.3) is 0 Å². The number of hydrogen-bond donors (Lipinski definition) is 1. The van der Waals surface area contributed by atoms with Crippen molar-refractivity contribution in [2.45, 2.75) is 34.6 Å². The Labute approximate surface area is 128 Å². The maximum atomic E-state index is 12.9. The molecule has 1 heterocycles. The van der Waals surface area contributed by atoms with Crippen molar-refractivity contribution in [1.29, 1.82) is 0 Å². The molecule has 6 nitrogen and oxygen atoms in total. The number of H-pyrrole nitrogens is 1. The highest BCUT2D eigenvalue weighted by atomic mass is 16.5. The fourth-order valence-corrected chi connectivity index (χ4v) is 2.59. The number of benzene rings is 1. The standard InChI is InChI=1S/C16H19N3O3/c1-7-8(2)10(4)12(11(5)9(7)3)15(20)13-14(16(21)22-6)18-19-17-13/h1-6H3,(H,17,18,19). The van der Waals surface area contributed by atoms with Gasteiger partial charge in [0.05, 0.1) is 7.11 Å². The van der Waals surface area contributed by atoms with E-state index in [9.17, 15) is 9.59 Å². The molecule has 0 aliphatic carbocycles. The first kappa shape index (κ1) is 15.9. The van der Waals surface area contributed by atoms with E-state index in [-0.39, 0.29) is 17.2 Å². The Morgan fingerprint density at radius 2 is 1.27 bits per heavy atom. The Kier molecular flexibility index (Phi) is 4.12. The number of rotatable bonds is 3. The van der Waals surface area contributed by atoms with Crippen LogP contribution in [0.5, 0.6) is 0 Å². The van der Waals surface area contributed by atoms with Gasteiger partial charge in [-0.15, -0.1) is 5.10 Å². The quantitative estimate of drug-likeness (QED) is 0.695. The maximum Gasteiger partial charge on any atom is 0.361 e. The smallest absolute Gasteiger partial charge is 0.361 e. The zero-order valence-corrected chi connectivity index (χ0v) is 13.6. The molecule has 0 atom stereocenters. The lowest BCUT2D eigenvalue weighted by atomic mass is 9.87. The lowest BCUT2D eigenvalue weighted by molar-refractivity contribution is 0.0590. The van der Waals surface area contributed by atoms with Gasteiger partial charge in [-0.3, -0.25) is 4.79 Å². The first-order chi connectivity index (χ1) is 10.3. The van der Waals surface area contributed by atoms with Gasteiger partial charge in [-0.2, -0.15) is 10.3 Å². The second kappa shape index (κ2) is 5.71. The van der Waals surface area contributed by atoms with Crippen LogP contribution in [-0.2, 0) is 4.74 Å². The summed E-state index contributed by atoms with van der Waals surface area (Å²) in [6.07, 6.45) is 0. The van der Waals surface area contributed by atoms with E-state index in [2.05, 4.69) is 20.1 Å². The van der Waals surface area contributed by atoms with Crippen molar-refractivity contribution >= 4 is 11.8 Å². The Hall–Kier alpha value is -2.50. The Morgan fingerprint density at radius 3 is 1.77 bits per heavy atom. The summed E-state index contributed by atoms with van der Waals surface area (Å²) in [4.78, 5) is 24.6. The first-order valence-corrected chi connectivity index (χ1v) is 6.92. The van der Waals surface area contributed by atoms with Crippen molar-refractivity contribution in [1.82, 2.24) is 15.4 Å². The third-order valence-corrected chi connectivity index (χ3v) is 4.37. The van der Waals surface area contributed by atoms with E-state index >= 15 is 0 Å². The van der Waals surface area contributed by atoms with Crippen LogP contribution < -0.4 is 0 Å². The molecular weight excluding hydrogens is 282 g/mol. The minimum absolute atomic E-state index is 0.0132. The maximum absolute atomic E-state index is 12.9. The lowest BCUT2D eigenvalue weighted by Crippen LogP contribution is -2.15. The summed E-state index contributed by atoms with van der Waals surface area (Å²) in [5.41, 5.74) is 5.54. The average Bonchev–Trinajstić information content (AvgIpc) is 2.99. The Balaban J connectivity index is 2.66. The molecule has 1 aromatic heterocycles. The third-order valence-electron chi connectivity index (χ3n) is 4.37. The van der Waals surface area contributed by atoms with Crippen molar-refractivity contribution in [3.05, 3.63) is 44.8 Å². The van der Waals surface area contributed by atoms with E-state index in [1.807, 2.05) is 34.6 Å². The molecular formula is C16H19N3O3. The number of methoxy groups -OCH3 is 1. The fraction of sp³-hybridized carbons (Fsp3) is 0.375. The second-order valence-corrected chi connectivity index (χ2v) is 5.34. The zero-order valence-electron chi connectivity index (χ0n) is 13.6. The minimum atomic E-state index is -0.687. The molecule has 22 heavy (non-hydrogen) atoms. The Bertz CT molecular complexity index is 746. The van der Waals surface area contributed by atoms with Crippen molar-refractivity contribution in [2.24, 2.45) is 0 Å². The number of carbonyl (C=O) groups excluding carboxylic acids is 2. The summed E-state index contributed by atoms with van der Waals surface area (Å²) in [5, 5.41) is 9.88. The van der Waals surface area contributed by atoms with Gasteiger partial charge in [-0.1, -0.05) is 0 Å². The largest absolute Gasteiger partial charge is 0.464 e. The number of nitrogens with zero attached hydrogens (tertiary/aromatic N) is 2. The van der Waals surface area contributed by atoms with Crippen LogP contribution in [0, 0.1) is 34.6 Å². The predicted octanol–water partition coefficient (Wildman–Crippen LogP) is 2.36. The van der Waals surface area contributed by atoms with Gasteiger partial charge in [0.1, 0.15) is 0 Å². The normalized spacial score (nSPS) is 10.6. The molecule has 0 amide bonds. The highest BCUT2D eigenvalue weighted by Crippen LogP contribution is 2.28. The van der Waals surface area contributed by atoms with Gasteiger partial charge >= 0.3 is 5.97 Å². The summed E-state index contributed by atoms with van der Waals surface area (Å²) in [6, 6.07) is 0. The molecule has 0 radical (unpaired) electrons. The van der Waals surface area contributed by atoms with Crippen LogP contribution in [0.25, 0.3) is 0 Å². The summed E-state index contributed by atoms with van der Waals surface area (Å²) < 4.78 is 4.63. The molecule has 0 saturated carbocycles. The lowest BCUT2D eigenvalue weighted by Gasteiger charge is -2.17.